The van der Waals surface area contributed by atoms with Crippen molar-refractivity contribution in [2.75, 3.05) is 45.8 Å². The Morgan fingerprint density at radius 1 is 1.29 bits per heavy atom. The van der Waals surface area contributed by atoms with E-state index in [4.69, 9.17) is 0 Å². The molecular formula is C17H24N4O3. The summed E-state index contributed by atoms with van der Waals surface area (Å²) in [6.07, 6.45) is 3.55. The molecule has 3 rings (SSSR count). The molecule has 1 aromatic heterocycles. The zero-order valence-electron chi connectivity index (χ0n) is 13.7. The van der Waals surface area contributed by atoms with Gasteiger partial charge in [0.05, 0.1) is 5.92 Å². The number of nitrogens with zero attached hydrogens (tertiary/aromatic N) is 3. The molecule has 0 radical (unpaired) electrons. The Kier molecular flexibility index (Phi) is 5.01. The SMILES string of the molecule is C=CCN1C[C@H](C(=O)O)CN2CCN(C(=O)c3ccc[nH]3)C[C@H]2C1. The van der Waals surface area contributed by atoms with Crippen LogP contribution >= 0.6 is 0 Å². The lowest BCUT2D eigenvalue weighted by molar-refractivity contribution is -0.142. The number of hydrogen-bond acceptors (Lipinski definition) is 4. The molecule has 7 heteroatoms. The summed E-state index contributed by atoms with van der Waals surface area (Å²) in [5.41, 5.74) is 0.600. The van der Waals surface area contributed by atoms with Crippen LogP contribution in [0.5, 0.6) is 0 Å². The number of rotatable bonds is 4. The van der Waals surface area contributed by atoms with Crippen molar-refractivity contribution in [1.82, 2.24) is 19.7 Å². The number of nitrogens with one attached hydrogen (secondary N) is 1. The van der Waals surface area contributed by atoms with Gasteiger partial charge in [0, 0.05) is 58.1 Å². The van der Waals surface area contributed by atoms with Crippen LogP contribution in [0.1, 0.15) is 10.5 Å². The van der Waals surface area contributed by atoms with Gasteiger partial charge in [0.25, 0.3) is 5.91 Å². The van der Waals surface area contributed by atoms with E-state index in [0.717, 1.165) is 6.54 Å². The van der Waals surface area contributed by atoms with E-state index in [1.807, 2.05) is 11.0 Å². The predicted molar refractivity (Wildman–Crippen MR) is 89.8 cm³/mol. The Bertz CT molecular complexity index is 601. The number of carbonyl (C=O) groups is 2. The van der Waals surface area contributed by atoms with Crippen LogP contribution < -0.4 is 0 Å². The van der Waals surface area contributed by atoms with Crippen molar-refractivity contribution in [3.05, 3.63) is 36.7 Å². The number of carboxylic acid groups (broad SMARTS) is 1. The lowest BCUT2D eigenvalue weighted by atomic mass is 10.1. The highest BCUT2D eigenvalue weighted by Gasteiger charge is 2.37. The van der Waals surface area contributed by atoms with Gasteiger partial charge in [-0.3, -0.25) is 19.4 Å². The normalized spacial score (nSPS) is 25.8. The fourth-order valence-corrected chi connectivity index (χ4v) is 3.64. The van der Waals surface area contributed by atoms with Crippen molar-refractivity contribution in [3.8, 4) is 0 Å². The number of carbonyl (C=O) groups excluding carboxylic acids is 1. The molecule has 1 amide bonds. The van der Waals surface area contributed by atoms with Gasteiger partial charge in [-0.05, 0) is 12.1 Å². The fourth-order valence-electron chi connectivity index (χ4n) is 3.64. The van der Waals surface area contributed by atoms with Gasteiger partial charge in [0.2, 0.25) is 0 Å². The highest BCUT2D eigenvalue weighted by molar-refractivity contribution is 5.92. The van der Waals surface area contributed by atoms with E-state index < -0.39 is 11.9 Å². The second-order valence-corrected chi connectivity index (χ2v) is 6.53. The highest BCUT2D eigenvalue weighted by atomic mass is 16.4. The molecule has 0 saturated carbocycles. The fraction of sp³-hybridized carbons (Fsp3) is 0.529. The average molecular weight is 332 g/mol. The summed E-state index contributed by atoms with van der Waals surface area (Å²) in [5.74, 6) is -1.15. The van der Waals surface area contributed by atoms with Crippen molar-refractivity contribution in [2.45, 2.75) is 6.04 Å². The van der Waals surface area contributed by atoms with E-state index in [1.54, 1.807) is 18.3 Å². The summed E-state index contributed by atoms with van der Waals surface area (Å²) in [6, 6.07) is 3.76. The van der Waals surface area contributed by atoms with Crippen molar-refractivity contribution in [2.24, 2.45) is 5.92 Å². The first kappa shape index (κ1) is 16.7. The van der Waals surface area contributed by atoms with Crippen molar-refractivity contribution >= 4 is 11.9 Å². The van der Waals surface area contributed by atoms with E-state index in [1.165, 1.54) is 0 Å². The van der Waals surface area contributed by atoms with E-state index in [0.29, 0.717) is 45.0 Å². The minimum absolute atomic E-state index is 0.00829. The maximum absolute atomic E-state index is 12.6. The molecule has 0 aromatic carbocycles. The van der Waals surface area contributed by atoms with E-state index in [2.05, 4.69) is 21.4 Å². The molecule has 130 valence electrons. The number of aliphatic carboxylic acids is 1. The van der Waals surface area contributed by atoms with Crippen molar-refractivity contribution < 1.29 is 14.7 Å². The Morgan fingerprint density at radius 2 is 2.12 bits per heavy atom. The van der Waals surface area contributed by atoms with Crippen molar-refractivity contribution in [3.63, 3.8) is 0 Å². The van der Waals surface area contributed by atoms with Gasteiger partial charge in [-0.25, -0.2) is 0 Å². The van der Waals surface area contributed by atoms with E-state index >= 15 is 0 Å². The molecule has 0 unspecified atom stereocenters. The number of H-pyrrole nitrogens is 1. The number of carboxylic acids is 1. The van der Waals surface area contributed by atoms with Crippen LogP contribution in [0.4, 0.5) is 0 Å². The summed E-state index contributed by atoms with van der Waals surface area (Å²) in [4.78, 5) is 33.2. The minimum atomic E-state index is -0.755. The lowest BCUT2D eigenvalue weighted by Gasteiger charge is -2.41. The number of aromatic nitrogens is 1. The summed E-state index contributed by atoms with van der Waals surface area (Å²) in [7, 11) is 0. The third-order valence-corrected chi connectivity index (χ3v) is 4.86. The zero-order chi connectivity index (χ0) is 17.1. The van der Waals surface area contributed by atoms with E-state index in [-0.39, 0.29) is 11.9 Å². The van der Waals surface area contributed by atoms with Gasteiger partial charge < -0.3 is 15.0 Å². The number of hydrogen-bond donors (Lipinski definition) is 2. The molecule has 7 nitrogen and oxygen atoms in total. The Balaban J connectivity index is 1.72. The molecule has 1 aromatic rings. The molecule has 3 heterocycles. The van der Waals surface area contributed by atoms with Gasteiger partial charge in [-0.2, -0.15) is 0 Å². The highest BCUT2D eigenvalue weighted by Crippen LogP contribution is 2.20. The van der Waals surface area contributed by atoms with Gasteiger partial charge in [-0.15, -0.1) is 6.58 Å². The molecule has 2 aliphatic rings. The third kappa shape index (κ3) is 3.52. The first-order chi connectivity index (χ1) is 11.6. The number of aromatic amines is 1. The molecular weight excluding hydrogens is 308 g/mol. The average Bonchev–Trinajstić information content (AvgIpc) is 3.02. The zero-order valence-corrected chi connectivity index (χ0v) is 13.7. The van der Waals surface area contributed by atoms with Gasteiger partial charge in [0.15, 0.2) is 0 Å². The second kappa shape index (κ2) is 7.19. The molecule has 2 N–H and O–H groups in total. The smallest absolute Gasteiger partial charge is 0.309 e. The van der Waals surface area contributed by atoms with Gasteiger partial charge >= 0.3 is 5.97 Å². The first-order valence-corrected chi connectivity index (χ1v) is 8.31. The van der Waals surface area contributed by atoms with Crippen LogP contribution in [-0.2, 0) is 4.79 Å². The molecule has 2 aliphatic heterocycles. The molecule has 2 fully saturated rings. The predicted octanol–water partition coefficient (Wildman–Crippen LogP) is 0.344. The molecule has 24 heavy (non-hydrogen) atoms. The van der Waals surface area contributed by atoms with Crippen LogP contribution in [0.15, 0.2) is 31.0 Å². The Labute approximate surface area is 141 Å². The molecule has 2 atom stereocenters. The van der Waals surface area contributed by atoms with Gasteiger partial charge in [0.1, 0.15) is 5.69 Å². The summed E-state index contributed by atoms with van der Waals surface area (Å²) in [5, 5.41) is 9.46. The Morgan fingerprint density at radius 3 is 2.79 bits per heavy atom. The second-order valence-electron chi connectivity index (χ2n) is 6.53. The van der Waals surface area contributed by atoms with Crippen molar-refractivity contribution in [1.29, 1.82) is 0 Å². The quantitative estimate of drug-likeness (QED) is 0.778. The van der Waals surface area contributed by atoms with Crippen LogP contribution in [0, 0.1) is 5.92 Å². The molecule has 0 bridgehead atoms. The summed E-state index contributed by atoms with van der Waals surface area (Å²) >= 11 is 0. The number of amides is 1. The molecule has 0 spiro atoms. The van der Waals surface area contributed by atoms with E-state index in [9.17, 15) is 14.7 Å². The third-order valence-electron chi connectivity index (χ3n) is 4.86. The molecule has 0 aliphatic carbocycles. The standard InChI is InChI=1S/C17H24N4O3/c1-2-6-19-9-13(17(23)24)10-20-7-8-21(12-14(20)11-19)16(22)15-4-3-5-18-15/h2-5,13-14,18H,1,6-12H2,(H,23,24)/t13-,14+/m0/s1. The monoisotopic (exact) mass is 332 g/mol. The summed E-state index contributed by atoms with van der Waals surface area (Å²) in [6.45, 7) is 8.21. The maximum atomic E-state index is 12.6. The first-order valence-electron chi connectivity index (χ1n) is 8.31. The van der Waals surface area contributed by atoms with Crippen LogP contribution in [-0.4, -0.2) is 88.5 Å². The minimum Gasteiger partial charge on any atom is -0.481 e. The van der Waals surface area contributed by atoms with Crippen LogP contribution in [0.3, 0.4) is 0 Å². The number of piperazine rings is 1. The molecule has 2 saturated heterocycles. The van der Waals surface area contributed by atoms with Crippen LogP contribution in [0.2, 0.25) is 0 Å². The topological polar surface area (TPSA) is 79.9 Å². The Hall–Kier alpha value is -2.12. The maximum Gasteiger partial charge on any atom is 0.309 e. The van der Waals surface area contributed by atoms with Gasteiger partial charge in [-0.1, -0.05) is 6.08 Å². The van der Waals surface area contributed by atoms with Crippen LogP contribution in [0.25, 0.3) is 0 Å². The lowest BCUT2D eigenvalue weighted by Crippen LogP contribution is -2.57. The summed E-state index contributed by atoms with van der Waals surface area (Å²) < 4.78 is 0. The largest absolute Gasteiger partial charge is 0.481 e. The number of fused-ring (bicyclic) bond motifs is 1.